The van der Waals surface area contributed by atoms with Gasteiger partial charge in [-0.25, -0.2) is 0 Å². The van der Waals surface area contributed by atoms with Crippen molar-refractivity contribution in [2.75, 3.05) is 32.5 Å². The van der Waals surface area contributed by atoms with E-state index in [9.17, 15) is 24.2 Å². The Morgan fingerprint density at radius 1 is 0.641 bits per heavy atom. The van der Waals surface area contributed by atoms with E-state index in [2.05, 4.69) is 52.3 Å². The average Bonchev–Trinajstić information content (AvgIpc) is 3.83. The molecule has 0 spiro atoms. The van der Waals surface area contributed by atoms with Gasteiger partial charge in [0, 0.05) is 81.5 Å². The summed E-state index contributed by atoms with van der Waals surface area (Å²) in [4.78, 5) is 36.6. The first-order chi connectivity index (χ1) is 30.1. The molecular formula is C51H62BN2O7PU2. The first-order valence-electron chi connectivity index (χ1n) is 21.6. The second kappa shape index (κ2) is 29.6. The second-order valence-electron chi connectivity index (χ2n) is 15.2. The molecule has 5 N–H and O–H groups in total. The van der Waals surface area contributed by atoms with E-state index in [0.29, 0.717) is 38.8 Å². The van der Waals surface area contributed by atoms with Crippen LogP contribution in [0.3, 0.4) is 0 Å². The normalized spacial score (nSPS) is 17.7. The number of amides is 2. The minimum Gasteiger partial charge on any atom is -0.392 e. The van der Waals surface area contributed by atoms with Crippen LogP contribution in [-0.2, 0) is 29.4 Å². The zero-order valence-corrected chi connectivity index (χ0v) is 46.6. The van der Waals surface area contributed by atoms with Crippen LogP contribution in [0, 0.1) is 62.2 Å². The molecular weight excluding hydrogens is 1270 g/mol. The molecule has 334 valence electrons. The fraction of sp³-hybridized carbons (Fsp3) is 0.333. The zero-order chi connectivity index (χ0) is 44.9. The molecule has 0 bridgehead atoms. The van der Waals surface area contributed by atoms with Gasteiger partial charge in [0.1, 0.15) is 10.8 Å². The predicted molar refractivity (Wildman–Crippen MR) is 254 cm³/mol. The van der Waals surface area contributed by atoms with Crippen molar-refractivity contribution in [2.24, 2.45) is 0 Å². The molecule has 2 aliphatic carbocycles. The predicted octanol–water partition coefficient (Wildman–Crippen LogP) is 9.35. The summed E-state index contributed by atoms with van der Waals surface area (Å²) in [6, 6.07) is 36.0. The third kappa shape index (κ3) is 14.8. The van der Waals surface area contributed by atoms with Gasteiger partial charge in [-0.1, -0.05) is 161 Å². The van der Waals surface area contributed by atoms with E-state index in [4.69, 9.17) is 13.2 Å². The van der Waals surface area contributed by atoms with Crippen LogP contribution in [0.1, 0.15) is 99.1 Å². The zero-order valence-electron chi connectivity index (χ0n) is 37.3. The van der Waals surface area contributed by atoms with Gasteiger partial charge in [-0.05, 0) is 95.2 Å². The van der Waals surface area contributed by atoms with Crippen LogP contribution in [0.4, 0.5) is 0 Å². The Morgan fingerprint density at radius 2 is 1.08 bits per heavy atom. The van der Waals surface area contributed by atoms with Crippen molar-refractivity contribution in [3.05, 3.63) is 167 Å². The third-order valence-corrected chi connectivity index (χ3v) is 12.2. The number of unbranched alkanes of at least 4 members (excludes halogenated alkanes) is 1. The molecule has 0 aliphatic heterocycles. The Hall–Kier alpha value is -2.98. The molecule has 9 nitrogen and oxygen atoms in total. The molecule has 6 rings (SSSR count). The summed E-state index contributed by atoms with van der Waals surface area (Å²) in [5.74, 6) is -0.0198. The molecule has 0 saturated carbocycles. The molecule has 2 aliphatic rings. The van der Waals surface area contributed by atoms with Crippen LogP contribution in [0.2, 0.25) is 0 Å². The SMILES string of the molecule is CC/C=C\CO.CCCNC(=O)C1(C/C=C/CO)C(c2ccccc2)=Cc2ccccc21.[B]OP(=O)(O)CCCCC1(C(=O)NCCC)C(c2ccccc2)=Cc2ccccc21.[U].[U]. The van der Waals surface area contributed by atoms with Crippen molar-refractivity contribution in [3.8, 4) is 0 Å². The molecule has 0 heterocycles. The van der Waals surface area contributed by atoms with Gasteiger partial charge in [0.15, 0.2) is 0 Å². The number of benzene rings is 4. The summed E-state index contributed by atoms with van der Waals surface area (Å²) < 4.78 is 15.9. The quantitative estimate of drug-likeness (QED) is 0.0273. The Kier molecular flexibility index (Phi) is 26.4. The minimum atomic E-state index is -3.77. The molecule has 64 heavy (non-hydrogen) atoms. The molecule has 3 unspecified atom stereocenters. The Balaban J connectivity index is 0.000000382. The summed E-state index contributed by atoms with van der Waals surface area (Å²) in [6.07, 6.45) is 16.2. The number of allylic oxidation sites excluding steroid dienone is 2. The van der Waals surface area contributed by atoms with E-state index >= 15 is 0 Å². The summed E-state index contributed by atoms with van der Waals surface area (Å²) >= 11 is 0. The molecule has 0 saturated heterocycles. The van der Waals surface area contributed by atoms with Gasteiger partial charge >= 0.3 is 7.60 Å². The largest absolute Gasteiger partial charge is 0.392 e. The molecule has 0 fully saturated rings. The van der Waals surface area contributed by atoms with Crippen LogP contribution in [-0.4, -0.2) is 67.4 Å². The van der Waals surface area contributed by atoms with Gasteiger partial charge in [-0.15, -0.1) is 0 Å². The third-order valence-electron chi connectivity index (χ3n) is 11.0. The van der Waals surface area contributed by atoms with Crippen molar-refractivity contribution in [1.82, 2.24) is 10.6 Å². The Bertz CT molecular complexity index is 2210. The molecule has 0 aromatic heterocycles. The number of aliphatic hydroxyl groups is 2. The Labute approximate surface area is 429 Å². The van der Waals surface area contributed by atoms with Gasteiger partial charge in [0.05, 0.1) is 13.2 Å². The van der Waals surface area contributed by atoms with Crippen LogP contribution in [0.5, 0.6) is 0 Å². The smallest absolute Gasteiger partial charge is 0.313 e. The maximum absolute atomic E-state index is 13.6. The van der Waals surface area contributed by atoms with Crippen molar-refractivity contribution >= 4 is 50.8 Å². The molecule has 3 atom stereocenters. The second-order valence-corrected chi connectivity index (χ2v) is 17.1. The number of hydrogen-bond donors (Lipinski definition) is 5. The van der Waals surface area contributed by atoms with Crippen LogP contribution >= 0.6 is 7.60 Å². The van der Waals surface area contributed by atoms with Gasteiger partial charge in [-0.2, -0.15) is 0 Å². The number of carbonyl (C=O) groups is 2. The Morgan fingerprint density at radius 3 is 1.53 bits per heavy atom. The summed E-state index contributed by atoms with van der Waals surface area (Å²) in [6.45, 7) is 7.50. The van der Waals surface area contributed by atoms with E-state index in [1.54, 1.807) is 12.2 Å². The molecule has 2 radical (unpaired) electrons. The van der Waals surface area contributed by atoms with Crippen LogP contribution in [0.25, 0.3) is 23.3 Å². The number of fused-ring (bicyclic) bond motifs is 2. The van der Waals surface area contributed by atoms with Crippen molar-refractivity contribution < 1.29 is 95.9 Å². The number of nitrogens with one attached hydrogen (secondary N) is 2. The first kappa shape index (κ1) is 57.1. The van der Waals surface area contributed by atoms with E-state index in [1.807, 2.05) is 117 Å². The molecule has 2 amide bonds. The van der Waals surface area contributed by atoms with Gasteiger partial charge in [0.2, 0.25) is 11.8 Å². The minimum absolute atomic E-state index is 0. The monoisotopic (exact) mass is 1330 g/mol. The average molecular weight is 1330 g/mol. The molecule has 13 heteroatoms. The fourth-order valence-electron chi connectivity index (χ4n) is 8.06. The van der Waals surface area contributed by atoms with Crippen molar-refractivity contribution in [2.45, 2.75) is 76.5 Å². The summed E-state index contributed by atoms with van der Waals surface area (Å²) in [7, 11) is 1.14. The maximum atomic E-state index is 13.6. The van der Waals surface area contributed by atoms with E-state index in [0.717, 1.165) is 63.8 Å². The number of carbonyl (C=O) groups excluding carboxylic acids is 2. The maximum Gasteiger partial charge on any atom is 0.313 e. The standard InChI is InChI=1S/C23H27BNO4P.C23H25NO2.C5H10O.2U/c1-2-15-25-22(26)23(14-8-9-16-30(27,28)29-24)20-13-7-6-12-19(20)17-21(23)18-10-4-3-5-11-18;1-2-15-24-22(26)23(14-8-9-16-25)20-13-7-6-12-19(20)17-21(23)18-10-4-3-5-11-18;1-2-3-4-5-6;;/h3-7,10-13,17H,2,8-9,14-16H2,1H3,(H,25,26)(H,27,28);3-13,17,25H,2,14-16H2,1H3,(H,24,26);3-4,6H,2,5H2,1H3;;/b;9-8+;4-3-;;. The number of hydrogen-bond acceptors (Lipinski definition) is 6. The van der Waals surface area contributed by atoms with Crippen molar-refractivity contribution in [3.63, 3.8) is 0 Å². The van der Waals surface area contributed by atoms with Gasteiger partial charge in [0.25, 0.3) is 8.05 Å². The molecule has 4 aromatic carbocycles. The summed E-state index contributed by atoms with van der Waals surface area (Å²) in [5, 5.41) is 23.5. The van der Waals surface area contributed by atoms with E-state index < -0.39 is 18.4 Å². The number of rotatable bonds is 19. The van der Waals surface area contributed by atoms with Gasteiger partial charge < -0.3 is 30.2 Å². The van der Waals surface area contributed by atoms with E-state index in [-0.39, 0.29) is 93.4 Å². The van der Waals surface area contributed by atoms with Crippen LogP contribution in [0.15, 0.2) is 133 Å². The van der Waals surface area contributed by atoms with Gasteiger partial charge in [-0.3, -0.25) is 14.2 Å². The summed E-state index contributed by atoms with van der Waals surface area (Å²) in [5.41, 5.74) is 6.49. The molecule has 4 aromatic rings. The van der Waals surface area contributed by atoms with E-state index in [1.165, 1.54) is 0 Å². The fourth-order valence-corrected chi connectivity index (χ4v) is 8.79. The van der Waals surface area contributed by atoms with Crippen LogP contribution < -0.4 is 10.6 Å². The van der Waals surface area contributed by atoms with Crippen molar-refractivity contribution in [1.29, 1.82) is 0 Å². The topological polar surface area (TPSA) is 145 Å². The number of aliphatic hydroxyl groups excluding tert-OH is 2. The first-order valence-corrected chi connectivity index (χ1v) is 23.4.